The van der Waals surface area contributed by atoms with E-state index in [-0.39, 0.29) is 0 Å². The van der Waals surface area contributed by atoms with Crippen molar-refractivity contribution in [3.8, 4) is 0 Å². The van der Waals surface area contributed by atoms with E-state index in [9.17, 15) is 14.4 Å². The second-order valence-corrected chi connectivity index (χ2v) is 5.90. The normalized spacial score (nSPS) is 20.4. The number of nitrogens with one attached hydrogen (secondary N) is 1. The first-order valence-corrected chi connectivity index (χ1v) is 6.64. The fourth-order valence-corrected chi connectivity index (χ4v) is 1.95. The number of ether oxygens (including phenoxy) is 1. The minimum Gasteiger partial charge on any atom is -0.480 e. The van der Waals surface area contributed by atoms with Gasteiger partial charge < -0.3 is 15.2 Å². The molecule has 0 saturated carbocycles. The summed E-state index contributed by atoms with van der Waals surface area (Å²) in [5, 5.41) is 11.2. The molecule has 0 unspecified atom stereocenters. The predicted molar refractivity (Wildman–Crippen MR) is 71.2 cm³/mol. The first-order chi connectivity index (χ1) is 9.11. The van der Waals surface area contributed by atoms with Crippen molar-refractivity contribution < 1.29 is 24.2 Å². The number of hydrogen-bond acceptors (Lipinski definition) is 4. The van der Waals surface area contributed by atoms with Gasteiger partial charge in [-0.1, -0.05) is 0 Å². The maximum absolute atomic E-state index is 12.0. The van der Waals surface area contributed by atoms with Crippen LogP contribution in [0.2, 0.25) is 0 Å². The molecule has 7 heteroatoms. The predicted octanol–water partition coefficient (Wildman–Crippen LogP) is 0.975. The Labute approximate surface area is 118 Å². The van der Waals surface area contributed by atoms with Crippen molar-refractivity contribution in [3.05, 3.63) is 0 Å². The smallest absolute Gasteiger partial charge is 0.410 e. The molecule has 20 heavy (non-hydrogen) atoms. The third-order valence-corrected chi connectivity index (χ3v) is 2.91. The monoisotopic (exact) mass is 286 g/mol. The number of carboxylic acids is 1. The molecule has 0 bridgehead atoms. The molecule has 1 rings (SSSR count). The van der Waals surface area contributed by atoms with Gasteiger partial charge in [0.05, 0.1) is 0 Å². The molecule has 0 spiro atoms. The number of carbonyl (C=O) groups is 3. The molecule has 0 aromatic heterocycles. The van der Waals surface area contributed by atoms with Crippen molar-refractivity contribution in [2.45, 2.75) is 58.2 Å². The van der Waals surface area contributed by atoms with Crippen LogP contribution in [0.5, 0.6) is 0 Å². The second kappa shape index (κ2) is 6.11. The molecule has 0 aromatic rings. The Balaban J connectivity index is 2.67. The third kappa shape index (κ3) is 4.40. The molecule has 114 valence electrons. The molecule has 0 radical (unpaired) electrons. The van der Waals surface area contributed by atoms with Gasteiger partial charge in [-0.05, 0) is 40.5 Å². The fraction of sp³-hybridized carbons (Fsp3) is 0.769. The van der Waals surface area contributed by atoms with Gasteiger partial charge in [0.2, 0.25) is 5.91 Å². The van der Waals surface area contributed by atoms with E-state index < -0.39 is 35.7 Å². The molecule has 1 aliphatic heterocycles. The van der Waals surface area contributed by atoms with Crippen LogP contribution in [0.3, 0.4) is 0 Å². The summed E-state index contributed by atoms with van der Waals surface area (Å²) in [5.41, 5.74) is -0.630. The zero-order valence-electron chi connectivity index (χ0n) is 12.3. The van der Waals surface area contributed by atoms with Gasteiger partial charge >= 0.3 is 12.1 Å². The van der Waals surface area contributed by atoms with E-state index in [0.717, 1.165) is 0 Å². The molecule has 7 nitrogen and oxygen atoms in total. The van der Waals surface area contributed by atoms with Gasteiger partial charge in [0, 0.05) is 6.54 Å². The molecular formula is C13H22N2O5. The van der Waals surface area contributed by atoms with Crippen LogP contribution in [0.15, 0.2) is 0 Å². The van der Waals surface area contributed by atoms with Crippen LogP contribution in [0.1, 0.15) is 40.5 Å². The highest BCUT2D eigenvalue weighted by atomic mass is 16.6. The number of carboxylic acid groups (broad SMARTS) is 1. The summed E-state index contributed by atoms with van der Waals surface area (Å²) in [6.07, 6.45) is 0.661. The minimum atomic E-state index is -1.11. The quantitative estimate of drug-likeness (QED) is 0.806. The van der Waals surface area contributed by atoms with Crippen LogP contribution in [0.4, 0.5) is 4.79 Å². The number of hydrogen-bond donors (Lipinski definition) is 2. The topological polar surface area (TPSA) is 95.9 Å². The van der Waals surface area contributed by atoms with Gasteiger partial charge in [-0.3, -0.25) is 14.5 Å². The molecule has 1 aliphatic rings. The Morgan fingerprint density at radius 3 is 2.45 bits per heavy atom. The highest BCUT2D eigenvalue weighted by molar-refractivity contribution is 5.89. The molecule has 0 aliphatic carbocycles. The standard InChI is InChI=1S/C13H22N2O5/c1-8(11(17)18)14-10(16)9-6-5-7-15(9)12(19)20-13(2,3)4/h8-9H,5-7H2,1-4H3,(H,14,16)(H,17,18)/t8-,9+/m0/s1. The average Bonchev–Trinajstić information content (AvgIpc) is 2.74. The first kappa shape index (κ1) is 16.3. The number of amides is 2. The Morgan fingerprint density at radius 2 is 1.95 bits per heavy atom. The zero-order valence-corrected chi connectivity index (χ0v) is 12.3. The van der Waals surface area contributed by atoms with E-state index in [0.29, 0.717) is 19.4 Å². The maximum atomic E-state index is 12.0. The van der Waals surface area contributed by atoms with Crippen LogP contribution in [-0.2, 0) is 14.3 Å². The van der Waals surface area contributed by atoms with Gasteiger partial charge in [0.15, 0.2) is 0 Å². The molecule has 1 saturated heterocycles. The van der Waals surface area contributed by atoms with E-state index in [1.54, 1.807) is 20.8 Å². The number of likely N-dealkylation sites (tertiary alicyclic amines) is 1. The summed E-state index contributed by atoms with van der Waals surface area (Å²) < 4.78 is 5.25. The van der Waals surface area contributed by atoms with Crippen molar-refractivity contribution in [2.24, 2.45) is 0 Å². The Morgan fingerprint density at radius 1 is 1.35 bits per heavy atom. The van der Waals surface area contributed by atoms with Gasteiger partial charge in [0.1, 0.15) is 17.7 Å². The molecular weight excluding hydrogens is 264 g/mol. The number of rotatable bonds is 3. The Bertz CT molecular complexity index is 402. The van der Waals surface area contributed by atoms with Crippen molar-refractivity contribution in [2.75, 3.05) is 6.54 Å². The molecule has 2 amide bonds. The van der Waals surface area contributed by atoms with E-state index >= 15 is 0 Å². The van der Waals surface area contributed by atoms with Crippen LogP contribution >= 0.6 is 0 Å². The Kier molecular flexibility index (Phi) is 4.97. The summed E-state index contributed by atoms with van der Waals surface area (Å²) in [4.78, 5) is 36.1. The van der Waals surface area contributed by atoms with Gasteiger partial charge in [-0.15, -0.1) is 0 Å². The summed E-state index contributed by atoms with van der Waals surface area (Å²) >= 11 is 0. The summed E-state index contributed by atoms with van der Waals surface area (Å²) in [7, 11) is 0. The van der Waals surface area contributed by atoms with Gasteiger partial charge in [-0.25, -0.2) is 4.79 Å². The zero-order chi connectivity index (χ0) is 15.5. The third-order valence-electron chi connectivity index (χ3n) is 2.91. The lowest BCUT2D eigenvalue weighted by Gasteiger charge is -2.28. The SMILES string of the molecule is C[C@H](NC(=O)[C@H]1CCCN1C(=O)OC(C)(C)C)C(=O)O. The lowest BCUT2D eigenvalue weighted by atomic mass is 10.2. The molecule has 1 heterocycles. The van der Waals surface area contributed by atoms with Crippen molar-refractivity contribution in [1.29, 1.82) is 0 Å². The maximum Gasteiger partial charge on any atom is 0.410 e. The fourth-order valence-electron chi connectivity index (χ4n) is 1.95. The highest BCUT2D eigenvalue weighted by Crippen LogP contribution is 2.21. The number of aliphatic carboxylic acids is 1. The lowest BCUT2D eigenvalue weighted by Crippen LogP contribution is -2.50. The van der Waals surface area contributed by atoms with E-state index in [4.69, 9.17) is 9.84 Å². The van der Waals surface area contributed by atoms with Crippen molar-refractivity contribution in [1.82, 2.24) is 10.2 Å². The summed E-state index contributed by atoms with van der Waals surface area (Å²) in [5.74, 6) is -1.57. The molecule has 0 aromatic carbocycles. The number of carbonyl (C=O) groups excluding carboxylic acids is 2. The molecule has 2 N–H and O–H groups in total. The van der Waals surface area contributed by atoms with Crippen molar-refractivity contribution >= 4 is 18.0 Å². The molecule has 1 fully saturated rings. The molecule has 2 atom stereocenters. The minimum absolute atomic E-state index is 0.439. The van der Waals surface area contributed by atoms with Gasteiger partial charge in [-0.2, -0.15) is 0 Å². The Hall–Kier alpha value is -1.79. The van der Waals surface area contributed by atoms with Crippen LogP contribution in [-0.4, -0.2) is 52.2 Å². The highest BCUT2D eigenvalue weighted by Gasteiger charge is 2.37. The van der Waals surface area contributed by atoms with Gasteiger partial charge in [0.25, 0.3) is 0 Å². The summed E-state index contributed by atoms with van der Waals surface area (Å²) in [6.45, 7) is 7.08. The number of nitrogens with zero attached hydrogens (tertiary/aromatic N) is 1. The van der Waals surface area contributed by atoms with Crippen LogP contribution < -0.4 is 5.32 Å². The first-order valence-electron chi connectivity index (χ1n) is 6.64. The second-order valence-electron chi connectivity index (χ2n) is 5.90. The van der Waals surface area contributed by atoms with Crippen LogP contribution in [0.25, 0.3) is 0 Å². The van der Waals surface area contributed by atoms with E-state index in [1.165, 1.54) is 11.8 Å². The average molecular weight is 286 g/mol. The lowest BCUT2D eigenvalue weighted by molar-refractivity contribution is -0.141. The van der Waals surface area contributed by atoms with E-state index in [1.807, 2.05) is 0 Å². The summed E-state index contributed by atoms with van der Waals surface area (Å²) in [6, 6.07) is -1.64. The van der Waals surface area contributed by atoms with E-state index in [2.05, 4.69) is 5.32 Å². The largest absolute Gasteiger partial charge is 0.480 e. The van der Waals surface area contributed by atoms with Crippen molar-refractivity contribution in [3.63, 3.8) is 0 Å². The van der Waals surface area contributed by atoms with Crippen LogP contribution in [0, 0.1) is 0 Å².